The number of carbonyl (C=O) groups excluding carboxylic acids is 1. The zero-order valence-electron chi connectivity index (χ0n) is 14.3. The molecule has 0 aromatic carbocycles. The summed E-state index contributed by atoms with van der Waals surface area (Å²) in [7, 11) is 0. The molecule has 0 spiro atoms. The molecule has 0 saturated carbocycles. The Bertz CT molecular complexity index is 719. The van der Waals surface area contributed by atoms with E-state index in [1.807, 2.05) is 37.8 Å². The Hall–Kier alpha value is -2.50. The van der Waals surface area contributed by atoms with Crippen molar-refractivity contribution in [1.29, 1.82) is 0 Å². The highest BCUT2D eigenvalue weighted by Gasteiger charge is 2.26. The molecule has 1 fully saturated rings. The molecule has 1 amide bonds. The third-order valence-corrected chi connectivity index (χ3v) is 4.20. The molecule has 6 heteroatoms. The van der Waals surface area contributed by atoms with Crippen molar-refractivity contribution in [3.8, 4) is 5.88 Å². The predicted molar refractivity (Wildman–Crippen MR) is 90.0 cm³/mol. The van der Waals surface area contributed by atoms with Crippen LogP contribution in [-0.2, 0) is 0 Å². The number of rotatable bonds is 3. The number of aryl methyl sites for hydroxylation is 3. The first-order valence-electron chi connectivity index (χ1n) is 8.23. The molecule has 1 saturated heterocycles. The molecule has 3 rings (SSSR count). The van der Waals surface area contributed by atoms with Gasteiger partial charge in [0.25, 0.3) is 5.91 Å². The van der Waals surface area contributed by atoms with E-state index in [4.69, 9.17) is 4.74 Å². The van der Waals surface area contributed by atoms with E-state index < -0.39 is 0 Å². The van der Waals surface area contributed by atoms with Crippen LogP contribution in [0.15, 0.2) is 24.4 Å². The van der Waals surface area contributed by atoms with Gasteiger partial charge in [-0.15, -0.1) is 0 Å². The van der Waals surface area contributed by atoms with Crippen molar-refractivity contribution in [1.82, 2.24) is 19.9 Å². The summed E-state index contributed by atoms with van der Waals surface area (Å²) in [6.45, 7) is 7.01. The van der Waals surface area contributed by atoms with E-state index in [2.05, 4.69) is 15.0 Å². The van der Waals surface area contributed by atoms with E-state index in [9.17, 15) is 4.79 Å². The summed E-state index contributed by atoms with van der Waals surface area (Å²) in [6.07, 6.45) is 3.38. The van der Waals surface area contributed by atoms with Crippen molar-refractivity contribution in [2.75, 3.05) is 13.1 Å². The molecule has 0 atom stereocenters. The number of nitrogens with zero attached hydrogens (tertiary/aromatic N) is 4. The van der Waals surface area contributed by atoms with Gasteiger partial charge < -0.3 is 9.64 Å². The van der Waals surface area contributed by atoms with Crippen LogP contribution in [0.5, 0.6) is 5.88 Å². The molecule has 0 bridgehead atoms. The van der Waals surface area contributed by atoms with Crippen LogP contribution in [0.2, 0.25) is 0 Å². The lowest BCUT2D eigenvalue weighted by molar-refractivity contribution is 0.0586. The van der Waals surface area contributed by atoms with E-state index in [1.54, 1.807) is 12.3 Å². The van der Waals surface area contributed by atoms with Gasteiger partial charge in [-0.05, 0) is 32.9 Å². The Labute approximate surface area is 141 Å². The molecule has 6 nitrogen and oxygen atoms in total. The van der Waals surface area contributed by atoms with Crippen LogP contribution in [0.25, 0.3) is 0 Å². The molecule has 1 aliphatic heterocycles. The smallest absolute Gasteiger partial charge is 0.255 e. The molecule has 0 N–H and O–H groups in total. The first-order chi connectivity index (χ1) is 11.5. The van der Waals surface area contributed by atoms with Crippen LogP contribution in [0.4, 0.5) is 0 Å². The molecule has 0 aliphatic carbocycles. The predicted octanol–water partition coefficient (Wildman–Crippen LogP) is 2.48. The number of aromatic nitrogens is 3. The van der Waals surface area contributed by atoms with Gasteiger partial charge in [0.15, 0.2) is 0 Å². The van der Waals surface area contributed by atoms with Crippen molar-refractivity contribution in [3.05, 3.63) is 47.2 Å². The Morgan fingerprint density at radius 1 is 1.21 bits per heavy atom. The van der Waals surface area contributed by atoms with Crippen molar-refractivity contribution in [2.45, 2.75) is 39.7 Å². The van der Waals surface area contributed by atoms with Gasteiger partial charge >= 0.3 is 0 Å². The molecule has 1 aliphatic rings. The van der Waals surface area contributed by atoms with Crippen molar-refractivity contribution >= 4 is 5.91 Å². The van der Waals surface area contributed by atoms with Crippen LogP contribution in [-0.4, -0.2) is 45.0 Å². The largest absolute Gasteiger partial charge is 0.474 e. The van der Waals surface area contributed by atoms with Gasteiger partial charge in [0.2, 0.25) is 5.88 Å². The highest BCUT2D eigenvalue weighted by atomic mass is 16.5. The van der Waals surface area contributed by atoms with Crippen LogP contribution < -0.4 is 4.74 Å². The monoisotopic (exact) mass is 326 g/mol. The fourth-order valence-electron chi connectivity index (χ4n) is 2.97. The van der Waals surface area contributed by atoms with Gasteiger partial charge in [0.1, 0.15) is 11.9 Å². The van der Waals surface area contributed by atoms with Gasteiger partial charge in [-0.3, -0.25) is 9.78 Å². The summed E-state index contributed by atoms with van der Waals surface area (Å²) < 4.78 is 5.97. The number of piperidine rings is 1. The number of amides is 1. The average molecular weight is 326 g/mol. The van der Waals surface area contributed by atoms with Crippen LogP contribution in [0, 0.1) is 20.8 Å². The first kappa shape index (κ1) is 16.4. The quantitative estimate of drug-likeness (QED) is 0.867. The minimum atomic E-state index is 0.0489. The summed E-state index contributed by atoms with van der Waals surface area (Å²) in [6, 6.07) is 5.49. The minimum Gasteiger partial charge on any atom is -0.474 e. The average Bonchev–Trinajstić information content (AvgIpc) is 2.54. The van der Waals surface area contributed by atoms with Crippen LogP contribution in [0.3, 0.4) is 0 Å². The second-order valence-corrected chi connectivity index (χ2v) is 6.14. The molecule has 24 heavy (non-hydrogen) atoms. The lowest BCUT2D eigenvalue weighted by atomic mass is 10.1. The highest BCUT2D eigenvalue weighted by Crippen LogP contribution is 2.20. The summed E-state index contributed by atoms with van der Waals surface area (Å²) in [5, 5.41) is 0. The van der Waals surface area contributed by atoms with Crippen molar-refractivity contribution in [3.63, 3.8) is 0 Å². The maximum absolute atomic E-state index is 12.6. The van der Waals surface area contributed by atoms with Gasteiger partial charge in [-0.2, -0.15) is 4.98 Å². The maximum atomic E-state index is 12.6. The number of hydrogen-bond donors (Lipinski definition) is 0. The Kier molecular flexibility index (Phi) is 4.74. The third-order valence-electron chi connectivity index (χ3n) is 4.20. The van der Waals surface area contributed by atoms with Gasteiger partial charge in [0.05, 0.1) is 5.56 Å². The Balaban J connectivity index is 1.59. The molecule has 126 valence electrons. The number of pyridine rings is 1. The Morgan fingerprint density at radius 3 is 2.62 bits per heavy atom. The summed E-state index contributed by atoms with van der Waals surface area (Å²) in [5.74, 6) is 1.38. The fraction of sp³-hybridized carbons (Fsp3) is 0.444. The molecule has 2 aromatic heterocycles. The lowest BCUT2D eigenvalue weighted by Gasteiger charge is -2.32. The second kappa shape index (κ2) is 6.95. The molecule has 0 unspecified atom stereocenters. The molecule has 2 aromatic rings. The standard InChI is InChI=1S/C18H22N4O2/c1-12-11-17(21-14(3)20-12)24-15-6-9-22(10-7-15)18(23)16-5-4-8-19-13(16)2/h4-5,8,11,15H,6-7,9-10H2,1-3H3. The van der Waals surface area contributed by atoms with Crippen LogP contribution >= 0.6 is 0 Å². The molecular weight excluding hydrogens is 304 g/mol. The third kappa shape index (κ3) is 3.69. The topological polar surface area (TPSA) is 68.2 Å². The minimum absolute atomic E-state index is 0.0489. The van der Waals surface area contributed by atoms with E-state index in [0.29, 0.717) is 30.4 Å². The van der Waals surface area contributed by atoms with Gasteiger partial charge in [-0.25, -0.2) is 4.98 Å². The number of carbonyl (C=O) groups is 1. The summed E-state index contributed by atoms with van der Waals surface area (Å²) in [5.41, 5.74) is 2.35. The van der Waals surface area contributed by atoms with Crippen LogP contribution in [0.1, 0.15) is 40.4 Å². The SMILES string of the molecule is Cc1cc(OC2CCN(C(=O)c3cccnc3C)CC2)nc(C)n1. The summed E-state index contributed by atoms with van der Waals surface area (Å²) >= 11 is 0. The van der Waals surface area contributed by atoms with Gasteiger partial charge in [-0.1, -0.05) is 0 Å². The number of likely N-dealkylation sites (tertiary alicyclic amines) is 1. The highest BCUT2D eigenvalue weighted by molar-refractivity contribution is 5.95. The summed E-state index contributed by atoms with van der Waals surface area (Å²) in [4.78, 5) is 27.2. The van der Waals surface area contributed by atoms with E-state index in [-0.39, 0.29) is 12.0 Å². The Morgan fingerprint density at radius 2 is 1.96 bits per heavy atom. The van der Waals surface area contributed by atoms with E-state index in [1.165, 1.54) is 0 Å². The zero-order valence-corrected chi connectivity index (χ0v) is 14.3. The first-order valence-corrected chi connectivity index (χ1v) is 8.23. The van der Waals surface area contributed by atoms with Crippen molar-refractivity contribution < 1.29 is 9.53 Å². The molecular formula is C18H22N4O2. The fourth-order valence-corrected chi connectivity index (χ4v) is 2.97. The maximum Gasteiger partial charge on any atom is 0.255 e. The van der Waals surface area contributed by atoms with Gasteiger partial charge in [0, 0.05) is 49.6 Å². The zero-order chi connectivity index (χ0) is 17.1. The molecule has 0 radical (unpaired) electrons. The number of ether oxygens (including phenoxy) is 1. The lowest BCUT2D eigenvalue weighted by Crippen LogP contribution is -2.42. The van der Waals surface area contributed by atoms with Crippen molar-refractivity contribution in [2.24, 2.45) is 0 Å². The van der Waals surface area contributed by atoms with E-state index >= 15 is 0 Å². The molecule has 3 heterocycles. The van der Waals surface area contributed by atoms with E-state index in [0.717, 1.165) is 24.2 Å². The number of hydrogen-bond acceptors (Lipinski definition) is 5. The normalized spacial score (nSPS) is 15.4. The second-order valence-electron chi connectivity index (χ2n) is 6.14.